The van der Waals surface area contributed by atoms with Crippen LogP contribution in [0.2, 0.25) is 0 Å². The molecule has 0 radical (unpaired) electrons. The monoisotopic (exact) mass is 260 g/mol. The lowest BCUT2D eigenvalue weighted by atomic mass is 9.84. The van der Waals surface area contributed by atoms with E-state index in [0.29, 0.717) is 11.0 Å². The molecule has 0 atom stereocenters. The van der Waals surface area contributed by atoms with Gasteiger partial charge >= 0.3 is 5.97 Å². The van der Waals surface area contributed by atoms with Gasteiger partial charge in [0.15, 0.2) is 6.54 Å². The summed E-state index contributed by atoms with van der Waals surface area (Å²) in [5.41, 5.74) is -0.326. The summed E-state index contributed by atoms with van der Waals surface area (Å²) in [6, 6.07) is 0. The number of rotatable bonds is 6. The third kappa shape index (κ3) is 8.48. The van der Waals surface area contributed by atoms with E-state index in [2.05, 4.69) is 20.8 Å². The second kappa shape index (κ2) is 6.02. The number of hydrogen-bond donors (Lipinski definition) is 1. The first-order valence-corrected chi connectivity index (χ1v) is 6.52. The lowest BCUT2D eigenvalue weighted by molar-refractivity contribution is -0.883. The number of hydrogen-bond acceptors (Lipinski definition) is 3. The first kappa shape index (κ1) is 17.4. The van der Waals surface area contributed by atoms with Crippen molar-refractivity contribution in [3.05, 3.63) is 0 Å². The molecule has 0 aliphatic rings. The molecular weight excluding hydrogens is 230 g/mol. The SMILES string of the molecule is CC(C)(C)CC(C)(C)OC(=O)C[N+](C)(C)CCO. The van der Waals surface area contributed by atoms with Gasteiger partial charge < -0.3 is 14.3 Å². The summed E-state index contributed by atoms with van der Waals surface area (Å²) in [7, 11) is 3.82. The van der Waals surface area contributed by atoms with E-state index >= 15 is 0 Å². The second-order valence-electron chi connectivity index (χ2n) is 7.51. The van der Waals surface area contributed by atoms with Gasteiger partial charge in [-0.3, -0.25) is 0 Å². The normalized spacial score (nSPS) is 13.6. The Balaban J connectivity index is 4.39. The van der Waals surface area contributed by atoms with Crippen molar-refractivity contribution in [2.24, 2.45) is 5.41 Å². The van der Waals surface area contributed by atoms with Crippen LogP contribution >= 0.6 is 0 Å². The molecule has 0 aromatic carbocycles. The summed E-state index contributed by atoms with van der Waals surface area (Å²) in [4.78, 5) is 11.9. The van der Waals surface area contributed by atoms with Crippen LogP contribution in [-0.2, 0) is 9.53 Å². The molecule has 0 bridgehead atoms. The Labute approximate surface area is 112 Å². The largest absolute Gasteiger partial charge is 0.455 e. The Bertz CT molecular complexity index is 277. The Kier molecular flexibility index (Phi) is 5.82. The average Bonchev–Trinajstić information content (AvgIpc) is 1.93. The molecule has 18 heavy (non-hydrogen) atoms. The van der Waals surface area contributed by atoms with E-state index in [4.69, 9.17) is 9.84 Å². The number of likely N-dealkylation sites (N-methyl/N-ethyl adjacent to an activating group) is 1. The number of carbonyl (C=O) groups is 1. The van der Waals surface area contributed by atoms with Gasteiger partial charge in [0, 0.05) is 0 Å². The van der Waals surface area contributed by atoms with Crippen molar-refractivity contribution < 1.29 is 19.1 Å². The van der Waals surface area contributed by atoms with Crippen molar-refractivity contribution >= 4 is 5.97 Å². The summed E-state index contributed by atoms with van der Waals surface area (Å²) in [5, 5.41) is 8.93. The lowest BCUT2D eigenvalue weighted by Gasteiger charge is -2.34. The molecule has 0 unspecified atom stereocenters. The van der Waals surface area contributed by atoms with Crippen LogP contribution in [0.25, 0.3) is 0 Å². The van der Waals surface area contributed by atoms with Gasteiger partial charge in [0.05, 0.1) is 20.7 Å². The number of carbonyl (C=O) groups excluding carboxylic acids is 1. The topological polar surface area (TPSA) is 46.5 Å². The molecule has 4 nitrogen and oxygen atoms in total. The van der Waals surface area contributed by atoms with Gasteiger partial charge in [-0.15, -0.1) is 0 Å². The number of aliphatic hydroxyl groups excluding tert-OH is 1. The van der Waals surface area contributed by atoms with Crippen molar-refractivity contribution in [2.45, 2.75) is 46.6 Å². The van der Waals surface area contributed by atoms with Gasteiger partial charge in [0.2, 0.25) is 0 Å². The number of aliphatic hydroxyl groups is 1. The molecule has 0 aliphatic heterocycles. The molecule has 4 heteroatoms. The zero-order valence-electron chi connectivity index (χ0n) is 13.0. The standard InChI is InChI=1S/C14H30NO3/c1-13(2,3)11-14(4,5)18-12(17)10-15(6,7)8-9-16/h16H,8-11H2,1-7H3/q+1. The predicted octanol–water partition coefficient (Wildman–Crippen LogP) is 1.81. The van der Waals surface area contributed by atoms with Crippen LogP contribution in [0.5, 0.6) is 0 Å². The average molecular weight is 260 g/mol. The minimum absolute atomic E-state index is 0.0751. The molecule has 0 fully saturated rings. The minimum atomic E-state index is -0.450. The summed E-state index contributed by atoms with van der Waals surface area (Å²) in [6.45, 7) is 11.2. The van der Waals surface area contributed by atoms with Crippen molar-refractivity contribution in [3.63, 3.8) is 0 Å². The molecule has 0 aromatic rings. The smallest absolute Gasteiger partial charge is 0.362 e. The second-order valence-corrected chi connectivity index (χ2v) is 7.51. The van der Waals surface area contributed by atoms with Crippen LogP contribution in [0, 0.1) is 5.41 Å². The first-order valence-electron chi connectivity index (χ1n) is 6.52. The number of esters is 1. The molecule has 1 N–H and O–H groups in total. The highest BCUT2D eigenvalue weighted by molar-refractivity contribution is 5.71. The molecule has 0 amide bonds. The van der Waals surface area contributed by atoms with Crippen LogP contribution in [0.3, 0.4) is 0 Å². The Hall–Kier alpha value is -0.610. The lowest BCUT2D eigenvalue weighted by Crippen LogP contribution is -2.47. The van der Waals surface area contributed by atoms with Gasteiger partial charge in [-0.25, -0.2) is 4.79 Å². The molecule has 0 spiro atoms. The summed E-state index contributed by atoms with van der Waals surface area (Å²) in [5.74, 6) is -0.206. The minimum Gasteiger partial charge on any atom is -0.455 e. The molecule has 0 aromatic heterocycles. The maximum absolute atomic E-state index is 11.9. The molecular formula is C14H30NO3+. The van der Waals surface area contributed by atoms with Gasteiger partial charge in [0.1, 0.15) is 12.1 Å². The van der Waals surface area contributed by atoms with E-state index in [1.807, 2.05) is 27.9 Å². The van der Waals surface area contributed by atoms with Crippen molar-refractivity contribution in [3.8, 4) is 0 Å². The van der Waals surface area contributed by atoms with Crippen LogP contribution in [-0.4, -0.2) is 55.0 Å². The summed E-state index contributed by atoms with van der Waals surface area (Å²) in [6.07, 6.45) is 0.819. The molecule has 0 rings (SSSR count). The summed E-state index contributed by atoms with van der Waals surface area (Å²) >= 11 is 0. The highest BCUT2D eigenvalue weighted by atomic mass is 16.6. The Morgan fingerprint density at radius 1 is 1.17 bits per heavy atom. The maximum Gasteiger partial charge on any atom is 0.362 e. The third-order valence-corrected chi connectivity index (χ3v) is 2.61. The number of quaternary nitrogens is 1. The first-order chi connectivity index (χ1) is 7.87. The zero-order chi connectivity index (χ0) is 14.6. The fourth-order valence-corrected chi connectivity index (χ4v) is 2.35. The fourth-order valence-electron chi connectivity index (χ4n) is 2.35. The highest BCUT2D eigenvalue weighted by Crippen LogP contribution is 2.29. The van der Waals surface area contributed by atoms with Gasteiger partial charge in [-0.2, -0.15) is 0 Å². The highest BCUT2D eigenvalue weighted by Gasteiger charge is 2.31. The van der Waals surface area contributed by atoms with E-state index in [1.54, 1.807) is 0 Å². The molecule has 0 aliphatic carbocycles. The van der Waals surface area contributed by atoms with Crippen molar-refractivity contribution in [1.29, 1.82) is 0 Å². The van der Waals surface area contributed by atoms with E-state index < -0.39 is 5.60 Å². The maximum atomic E-state index is 11.9. The van der Waals surface area contributed by atoms with Gasteiger partial charge in [-0.05, 0) is 25.7 Å². The summed E-state index contributed by atoms with van der Waals surface area (Å²) < 4.78 is 6.01. The quantitative estimate of drug-likeness (QED) is 0.585. The van der Waals surface area contributed by atoms with Crippen LogP contribution in [0.4, 0.5) is 0 Å². The van der Waals surface area contributed by atoms with E-state index in [9.17, 15) is 4.79 Å². The zero-order valence-corrected chi connectivity index (χ0v) is 13.0. The molecule has 0 heterocycles. The van der Waals surface area contributed by atoms with Crippen LogP contribution in [0.15, 0.2) is 0 Å². The van der Waals surface area contributed by atoms with Crippen LogP contribution in [0.1, 0.15) is 41.0 Å². The van der Waals surface area contributed by atoms with E-state index in [0.717, 1.165) is 6.42 Å². The molecule has 0 saturated heterocycles. The van der Waals surface area contributed by atoms with Crippen LogP contribution < -0.4 is 0 Å². The predicted molar refractivity (Wildman–Crippen MR) is 73.2 cm³/mol. The Morgan fingerprint density at radius 2 is 1.67 bits per heavy atom. The van der Waals surface area contributed by atoms with Gasteiger partial charge in [0.25, 0.3) is 0 Å². The van der Waals surface area contributed by atoms with Crippen molar-refractivity contribution in [1.82, 2.24) is 0 Å². The molecule has 108 valence electrons. The third-order valence-electron chi connectivity index (χ3n) is 2.61. The Morgan fingerprint density at radius 3 is 2.06 bits per heavy atom. The number of ether oxygens (including phenoxy) is 1. The van der Waals surface area contributed by atoms with E-state index in [-0.39, 0.29) is 24.5 Å². The van der Waals surface area contributed by atoms with Gasteiger partial charge in [-0.1, -0.05) is 20.8 Å². The fraction of sp³-hybridized carbons (Fsp3) is 0.929. The van der Waals surface area contributed by atoms with E-state index in [1.165, 1.54) is 0 Å². The van der Waals surface area contributed by atoms with Crippen molar-refractivity contribution in [2.75, 3.05) is 33.8 Å². The molecule has 0 saturated carbocycles. The number of nitrogens with zero attached hydrogens (tertiary/aromatic N) is 1.